The van der Waals surface area contributed by atoms with Crippen LogP contribution < -0.4 is 11.1 Å². The zero-order valence-electron chi connectivity index (χ0n) is 28.9. The summed E-state index contributed by atoms with van der Waals surface area (Å²) in [5.41, 5.74) is 11.7. The maximum atomic E-state index is 10.7. The van der Waals surface area contributed by atoms with Crippen molar-refractivity contribution in [2.24, 2.45) is 5.73 Å². The number of benzene rings is 2. The van der Waals surface area contributed by atoms with Gasteiger partial charge >= 0.3 is 0 Å². The number of Topliss-reactive ketones (excluding diaryl/α,β-unsaturated/α-hetero) is 1. The summed E-state index contributed by atoms with van der Waals surface area (Å²) in [5.74, 6) is 1.12. The number of hydrogen-bond donors (Lipinski definition) is 2. The Labute approximate surface area is 273 Å². The Morgan fingerprint density at radius 1 is 0.978 bits per heavy atom. The van der Waals surface area contributed by atoms with Crippen LogP contribution in [-0.4, -0.2) is 30.0 Å². The van der Waals surface area contributed by atoms with E-state index in [2.05, 4.69) is 96.6 Å². The highest BCUT2D eigenvalue weighted by Gasteiger charge is 2.10. The zero-order valence-corrected chi connectivity index (χ0v) is 28.9. The first kappa shape index (κ1) is 42.8. The molecule has 6 nitrogen and oxygen atoms in total. The second-order valence-corrected chi connectivity index (χ2v) is 9.57. The van der Waals surface area contributed by atoms with Gasteiger partial charge in [-0.1, -0.05) is 115 Å². The molecule has 1 aromatic heterocycles. The molecule has 0 saturated carbocycles. The minimum atomic E-state index is 0.240. The van der Waals surface area contributed by atoms with Gasteiger partial charge in [-0.15, -0.1) is 0 Å². The van der Waals surface area contributed by atoms with Gasteiger partial charge in [0.25, 0.3) is 0 Å². The number of anilines is 1. The van der Waals surface area contributed by atoms with E-state index in [1.807, 2.05) is 46.8 Å². The molecule has 0 saturated heterocycles. The van der Waals surface area contributed by atoms with Gasteiger partial charge in [-0.05, 0) is 78.6 Å². The van der Waals surface area contributed by atoms with Gasteiger partial charge in [0.05, 0.1) is 0 Å². The van der Waals surface area contributed by atoms with Crippen LogP contribution in [0.4, 0.5) is 5.82 Å². The molecule has 0 radical (unpaired) electrons. The van der Waals surface area contributed by atoms with E-state index in [1.165, 1.54) is 39.8 Å². The Morgan fingerprint density at radius 2 is 1.60 bits per heavy atom. The molecule has 1 aliphatic carbocycles. The van der Waals surface area contributed by atoms with Crippen molar-refractivity contribution in [1.29, 1.82) is 0 Å². The number of hydrogen-bond acceptors (Lipinski definition) is 5. The third-order valence-electron chi connectivity index (χ3n) is 5.79. The lowest BCUT2D eigenvalue weighted by atomic mass is 9.93. The predicted molar refractivity (Wildman–Crippen MR) is 193 cm³/mol. The first-order chi connectivity index (χ1) is 21.9. The standard InChI is InChI=1S/C20H18O.C11H16N2O.C3H8.2C2H6.CH3NO/c21-15-5-6-16-11-13-18(14-12-16)20-10-4-2-8-17-7-1-3-9-19(17)20;1-9-5-7-13-11(8-9)12-6-3-4-10(2)14;1-3-2;2*1-2;2-1-3/h1-4,7,9-15H,5-6,8H2;5,7-8H,3-4,6H2,1-2H3,(H,12,13);3H2,1-2H3;2*1-2H3;1H,(H2,2,3). The fourth-order valence-electron chi connectivity index (χ4n) is 3.93. The van der Waals surface area contributed by atoms with Crippen LogP contribution in [0.2, 0.25) is 0 Å². The van der Waals surface area contributed by atoms with Gasteiger partial charge in [-0.2, -0.15) is 0 Å². The Morgan fingerprint density at radius 3 is 2.18 bits per heavy atom. The lowest BCUT2D eigenvalue weighted by Gasteiger charge is -2.11. The molecule has 1 heterocycles. The van der Waals surface area contributed by atoms with Crippen LogP contribution in [0.15, 0.2) is 85.1 Å². The number of amides is 1. The highest BCUT2D eigenvalue weighted by atomic mass is 16.1. The number of rotatable bonds is 9. The number of aromatic nitrogens is 1. The normalized spacial score (nSPS) is 10.2. The second kappa shape index (κ2) is 29.7. The van der Waals surface area contributed by atoms with Gasteiger partial charge in [-0.25, -0.2) is 4.98 Å². The minimum absolute atomic E-state index is 0.240. The van der Waals surface area contributed by atoms with Gasteiger partial charge in [0, 0.05) is 25.6 Å². The number of nitrogens with one attached hydrogen (secondary N) is 1. The van der Waals surface area contributed by atoms with E-state index in [9.17, 15) is 9.59 Å². The summed E-state index contributed by atoms with van der Waals surface area (Å²) in [6, 6.07) is 21.1. The summed E-state index contributed by atoms with van der Waals surface area (Å²) in [5, 5.41) is 3.18. The van der Waals surface area contributed by atoms with Crippen molar-refractivity contribution in [3.05, 3.63) is 113 Å². The topological polar surface area (TPSA) is 102 Å². The van der Waals surface area contributed by atoms with E-state index >= 15 is 0 Å². The van der Waals surface area contributed by atoms with Crippen LogP contribution in [-0.2, 0) is 27.2 Å². The third-order valence-corrected chi connectivity index (χ3v) is 5.79. The van der Waals surface area contributed by atoms with Crippen LogP contribution >= 0.6 is 0 Å². The Hall–Kier alpha value is -4.32. The largest absolute Gasteiger partial charge is 0.372 e. The first-order valence-corrected chi connectivity index (χ1v) is 16.2. The highest BCUT2D eigenvalue weighted by molar-refractivity contribution is 5.83. The molecule has 0 atom stereocenters. The van der Waals surface area contributed by atoms with Crippen LogP contribution in [0.5, 0.6) is 0 Å². The van der Waals surface area contributed by atoms with E-state index < -0.39 is 0 Å². The van der Waals surface area contributed by atoms with Crippen molar-refractivity contribution in [3.63, 3.8) is 0 Å². The number of nitrogens with two attached hydrogens (primary N) is 1. The molecule has 6 heteroatoms. The fraction of sp³-hybridized carbons (Fsp3) is 0.385. The maximum absolute atomic E-state index is 10.7. The number of nitrogens with zero attached hydrogens (tertiary/aromatic N) is 1. The molecule has 1 amide bonds. The van der Waals surface area contributed by atoms with Crippen LogP contribution in [0.1, 0.15) is 102 Å². The molecule has 246 valence electrons. The lowest BCUT2D eigenvalue weighted by Crippen LogP contribution is -2.04. The molecule has 45 heavy (non-hydrogen) atoms. The van der Waals surface area contributed by atoms with Gasteiger partial charge in [-0.3, -0.25) is 4.79 Å². The molecular formula is C39H57N3O3. The van der Waals surface area contributed by atoms with E-state index in [-0.39, 0.29) is 12.2 Å². The number of ketones is 1. The molecular weight excluding hydrogens is 558 g/mol. The van der Waals surface area contributed by atoms with Crippen molar-refractivity contribution >= 4 is 29.9 Å². The van der Waals surface area contributed by atoms with Crippen molar-refractivity contribution in [1.82, 2.24) is 4.98 Å². The van der Waals surface area contributed by atoms with Crippen molar-refractivity contribution < 1.29 is 14.4 Å². The zero-order chi connectivity index (χ0) is 34.3. The number of allylic oxidation sites excluding steroid dienone is 3. The highest BCUT2D eigenvalue weighted by Crippen LogP contribution is 2.29. The fourth-order valence-corrected chi connectivity index (χ4v) is 3.93. The molecule has 2 aromatic carbocycles. The molecule has 0 unspecified atom stereocenters. The van der Waals surface area contributed by atoms with Gasteiger partial charge < -0.3 is 20.6 Å². The molecule has 3 aromatic rings. The average molecular weight is 616 g/mol. The molecule has 0 spiro atoms. The van der Waals surface area contributed by atoms with E-state index in [0.29, 0.717) is 12.8 Å². The molecule has 0 fully saturated rings. The molecule has 0 bridgehead atoms. The quantitative estimate of drug-likeness (QED) is 0.185. The van der Waals surface area contributed by atoms with Gasteiger partial charge in [0.1, 0.15) is 17.9 Å². The summed E-state index contributed by atoms with van der Waals surface area (Å²) in [6.07, 6.45) is 14.7. The molecule has 0 aliphatic heterocycles. The SMILES string of the molecule is CC.CC.CC(=O)CCCNc1cc(C)ccn1.CCC.NC=O.O=CCCc1ccc(C2=CC=CCc3ccccc32)cc1. The average Bonchev–Trinajstić information content (AvgIpc) is 3.28. The number of carbonyl (C=O) groups is 3. The van der Waals surface area contributed by atoms with E-state index in [0.717, 1.165) is 37.9 Å². The van der Waals surface area contributed by atoms with E-state index in [4.69, 9.17) is 4.79 Å². The number of carbonyl (C=O) groups excluding carboxylic acids is 3. The van der Waals surface area contributed by atoms with Crippen molar-refractivity contribution in [2.45, 2.75) is 93.9 Å². The summed E-state index contributed by atoms with van der Waals surface area (Å²) in [4.78, 5) is 33.9. The lowest BCUT2D eigenvalue weighted by molar-refractivity contribution is -0.117. The Bertz CT molecular complexity index is 1250. The molecule has 3 N–H and O–H groups in total. The molecule has 4 rings (SSSR count). The van der Waals surface area contributed by atoms with Crippen LogP contribution in [0, 0.1) is 6.92 Å². The number of primary amides is 1. The van der Waals surface area contributed by atoms with Crippen molar-refractivity contribution in [3.8, 4) is 0 Å². The maximum Gasteiger partial charge on any atom is 0.204 e. The number of aryl methyl sites for hydroxylation is 2. The van der Waals surface area contributed by atoms with E-state index in [1.54, 1.807) is 13.1 Å². The number of aldehydes is 1. The number of pyridine rings is 1. The first-order valence-electron chi connectivity index (χ1n) is 16.2. The summed E-state index contributed by atoms with van der Waals surface area (Å²) >= 11 is 0. The third kappa shape index (κ3) is 20.3. The Kier molecular flexibility index (Phi) is 28.3. The second-order valence-electron chi connectivity index (χ2n) is 9.57. The van der Waals surface area contributed by atoms with Crippen molar-refractivity contribution in [2.75, 3.05) is 11.9 Å². The van der Waals surface area contributed by atoms with Crippen LogP contribution in [0.3, 0.4) is 0 Å². The summed E-state index contributed by atoms with van der Waals surface area (Å²) < 4.78 is 0. The van der Waals surface area contributed by atoms with Crippen LogP contribution in [0.25, 0.3) is 5.57 Å². The van der Waals surface area contributed by atoms with Gasteiger partial charge in [0.2, 0.25) is 6.41 Å². The predicted octanol–water partition coefficient (Wildman–Crippen LogP) is 9.10. The minimum Gasteiger partial charge on any atom is -0.372 e. The summed E-state index contributed by atoms with van der Waals surface area (Å²) in [7, 11) is 0. The smallest absolute Gasteiger partial charge is 0.204 e. The molecule has 1 aliphatic rings. The number of fused-ring (bicyclic) bond motifs is 1. The Balaban J connectivity index is 0. The monoisotopic (exact) mass is 615 g/mol. The van der Waals surface area contributed by atoms with Gasteiger partial charge in [0.15, 0.2) is 0 Å². The summed E-state index contributed by atoms with van der Waals surface area (Å²) in [6.45, 7) is 16.7.